The normalized spacial score (nSPS) is 11.2. The minimum atomic E-state index is -3.86. The fraction of sp³-hybridized carbons (Fsp3) is 0.0455. The molecule has 3 aromatic carbocycles. The van der Waals surface area contributed by atoms with Gasteiger partial charge >= 0.3 is 6.01 Å². The Bertz CT molecular complexity index is 1340. The van der Waals surface area contributed by atoms with E-state index in [0.717, 1.165) is 4.90 Å². The molecule has 0 aliphatic heterocycles. The number of nitrogens with zero attached hydrogens (tertiary/aromatic N) is 2. The fourth-order valence-corrected chi connectivity index (χ4v) is 4.37. The van der Waals surface area contributed by atoms with Crippen LogP contribution in [0.5, 0.6) is 0 Å². The number of carbonyl (C=O) groups excluding carboxylic acids is 1. The molecular weight excluding hydrogens is 448 g/mol. The molecule has 10 heteroatoms. The summed E-state index contributed by atoms with van der Waals surface area (Å²) in [5, 5.41) is 10.3. The van der Waals surface area contributed by atoms with Crippen molar-refractivity contribution in [1.82, 2.24) is 10.2 Å². The van der Waals surface area contributed by atoms with Crippen LogP contribution in [-0.2, 0) is 10.0 Å². The molecular formula is C22H18N4O4S2. The number of carbonyl (C=O) groups is 1. The van der Waals surface area contributed by atoms with Gasteiger partial charge in [0.05, 0.1) is 16.1 Å². The van der Waals surface area contributed by atoms with Crippen molar-refractivity contribution in [2.24, 2.45) is 0 Å². The average Bonchev–Trinajstić information content (AvgIpc) is 3.28. The molecule has 0 spiro atoms. The Morgan fingerprint density at radius 2 is 1.59 bits per heavy atom. The Morgan fingerprint density at radius 1 is 0.906 bits per heavy atom. The van der Waals surface area contributed by atoms with Crippen LogP contribution in [0, 0.1) is 0 Å². The molecule has 0 atom stereocenters. The Hall–Kier alpha value is -3.63. The standard InChI is InChI=1S/C22H18N4O4S2/c1-31-16-13-11-15(12-14-16)21-24-25-22(30-21)23-20(27)18-9-5-6-10-19(18)26-32(28,29)17-7-3-2-4-8-17/h2-14,26H,1H3,(H,23,25,27). The second-order valence-corrected chi connectivity index (χ2v) is 9.12. The lowest BCUT2D eigenvalue weighted by molar-refractivity contribution is 0.102. The van der Waals surface area contributed by atoms with Crippen molar-refractivity contribution in [2.45, 2.75) is 9.79 Å². The first-order valence-electron chi connectivity index (χ1n) is 9.42. The lowest BCUT2D eigenvalue weighted by Gasteiger charge is -2.11. The summed E-state index contributed by atoms with van der Waals surface area (Å²) < 4.78 is 33.3. The molecule has 0 fully saturated rings. The molecule has 0 aliphatic carbocycles. The zero-order valence-corrected chi connectivity index (χ0v) is 18.5. The van der Waals surface area contributed by atoms with Gasteiger partial charge in [0.2, 0.25) is 5.89 Å². The zero-order chi connectivity index (χ0) is 22.6. The number of hydrogen-bond acceptors (Lipinski definition) is 7. The number of para-hydroxylation sites is 1. The zero-order valence-electron chi connectivity index (χ0n) is 16.8. The summed E-state index contributed by atoms with van der Waals surface area (Å²) in [5.74, 6) is -0.338. The van der Waals surface area contributed by atoms with E-state index in [-0.39, 0.29) is 28.1 Å². The molecule has 1 heterocycles. The second kappa shape index (κ2) is 9.25. The summed E-state index contributed by atoms with van der Waals surface area (Å²) >= 11 is 1.62. The first-order chi connectivity index (χ1) is 15.5. The van der Waals surface area contributed by atoms with Crippen LogP contribution < -0.4 is 10.0 Å². The number of sulfonamides is 1. The third-order valence-corrected chi connectivity index (χ3v) is 6.58. The van der Waals surface area contributed by atoms with Gasteiger partial charge in [-0.3, -0.25) is 14.8 Å². The van der Waals surface area contributed by atoms with Gasteiger partial charge in [0, 0.05) is 10.5 Å². The summed E-state index contributed by atoms with van der Waals surface area (Å²) in [4.78, 5) is 14.0. The second-order valence-electron chi connectivity index (χ2n) is 6.56. The third-order valence-electron chi connectivity index (χ3n) is 4.45. The van der Waals surface area contributed by atoms with Crippen LogP contribution in [0.25, 0.3) is 11.5 Å². The monoisotopic (exact) mass is 466 g/mol. The van der Waals surface area contributed by atoms with Crippen LogP contribution in [-0.4, -0.2) is 30.8 Å². The van der Waals surface area contributed by atoms with E-state index >= 15 is 0 Å². The number of benzene rings is 3. The predicted octanol–water partition coefficient (Wildman–Crippen LogP) is 4.51. The SMILES string of the molecule is CSc1ccc(-c2nnc(NC(=O)c3ccccc3NS(=O)(=O)c3ccccc3)o2)cc1. The highest BCUT2D eigenvalue weighted by atomic mass is 32.2. The largest absolute Gasteiger partial charge is 0.403 e. The van der Waals surface area contributed by atoms with Crippen LogP contribution in [0.1, 0.15) is 10.4 Å². The third kappa shape index (κ3) is 4.82. The summed E-state index contributed by atoms with van der Waals surface area (Å²) in [6.45, 7) is 0. The van der Waals surface area contributed by atoms with Crippen LogP contribution in [0.15, 0.2) is 93.1 Å². The maximum Gasteiger partial charge on any atom is 0.322 e. The lowest BCUT2D eigenvalue weighted by Crippen LogP contribution is -2.18. The topological polar surface area (TPSA) is 114 Å². The van der Waals surface area contributed by atoms with Crippen LogP contribution in [0.2, 0.25) is 0 Å². The van der Waals surface area contributed by atoms with E-state index in [4.69, 9.17) is 4.42 Å². The molecule has 0 unspecified atom stereocenters. The van der Waals surface area contributed by atoms with Gasteiger partial charge in [0.1, 0.15) is 0 Å². The summed E-state index contributed by atoms with van der Waals surface area (Å²) in [7, 11) is -3.86. The van der Waals surface area contributed by atoms with E-state index in [2.05, 4.69) is 20.2 Å². The highest BCUT2D eigenvalue weighted by molar-refractivity contribution is 7.98. The minimum Gasteiger partial charge on any atom is -0.403 e. The molecule has 32 heavy (non-hydrogen) atoms. The fourth-order valence-electron chi connectivity index (χ4n) is 2.86. The van der Waals surface area contributed by atoms with Crippen molar-refractivity contribution in [3.63, 3.8) is 0 Å². The molecule has 162 valence electrons. The van der Waals surface area contributed by atoms with Crippen LogP contribution >= 0.6 is 11.8 Å². The van der Waals surface area contributed by atoms with Crippen molar-refractivity contribution in [3.05, 3.63) is 84.4 Å². The van der Waals surface area contributed by atoms with Gasteiger partial charge in [-0.2, -0.15) is 0 Å². The van der Waals surface area contributed by atoms with Gasteiger partial charge < -0.3 is 4.42 Å². The quantitative estimate of drug-likeness (QED) is 0.385. The summed E-state index contributed by atoms with van der Waals surface area (Å²) in [6.07, 6.45) is 1.98. The maximum absolute atomic E-state index is 12.8. The molecule has 8 nitrogen and oxygen atoms in total. The first kappa shape index (κ1) is 21.6. The lowest BCUT2D eigenvalue weighted by atomic mass is 10.2. The van der Waals surface area contributed by atoms with Crippen LogP contribution in [0.4, 0.5) is 11.7 Å². The van der Waals surface area contributed by atoms with E-state index in [1.54, 1.807) is 42.1 Å². The predicted molar refractivity (Wildman–Crippen MR) is 123 cm³/mol. The Balaban J connectivity index is 1.53. The van der Waals surface area contributed by atoms with Crippen LogP contribution in [0.3, 0.4) is 0 Å². The van der Waals surface area contributed by atoms with Gasteiger partial charge in [-0.25, -0.2) is 8.42 Å². The maximum atomic E-state index is 12.8. The number of hydrogen-bond donors (Lipinski definition) is 2. The summed E-state index contributed by atoms with van der Waals surface area (Å²) in [5.41, 5.74) is 0.948. The van der Waals surface area contributed by atoms with Gasteiger partial charge in [-0.05, 0) is 54.8 Å². The summed E-state index contributed by atoms with van der Waals surface area (Å²) in [6, 6.07) is 21.6. The smallest absolute Gasteiger partial charge is 0.322 e. The Labute approximate surface area is 189 Å². The van der Waals surface area contributed by atoms with E-state index in [9.17, 15) is 13.2 Å². The number of nitrogens with one attached hydrogen (secondary N) is 2. The molecule has 0 aliphatic rings. The Kier molecular flexibility index (Phi) is 6.24. The van der Waals surface area contributed by atoms with Crippen molar-refractivity contribution in [1.29, 1.82) is 0 Å². The molecule has 2 N–H and O–H groups in total. The van der Waals surface area contributed by atoms with Crippen molar-refractivity contribution in [3.8, 4) is 11.5 Å². The van der Waals surface area contributed by atoms with E-state index < -0.39 is 15.9 Å². The highest BCUT2D eigenvalue weighted by Gasteiger charge is 2.20. The number of aromatic nitrogens is 2. The van der Waals surface area contributed by atoms with Crippen molar-refractivity contribution < 1.29 is 17.6 Å². The number of anilines is 2. The first-order valence-corrected chi connectivity index (χ1v) is 12.1. The Morgan fingerprint density at radius 3 is 2.31 bits per heavy atom. The van der Waals surface area contributed by atoms with Crippen molar-refractivity contribution >= 4 is 39.4 Å². The average molecular weight is 467 g/mol. The van der Waals surface area contributed by atoms with E-state index in [1.807, 2.05) is 30.5 Å². The van der Waals surface area contributed by atoms with Gasteiger partial charge in [-0.1, -0.05) is 35.4 Å². The number of rotatable bonds is 7. The molecule has 0 radical (unpaired) electrons. The van der Waals surface area contributed by atoms with E-state index in [1.165, 1.54) is 24.3 Å². The molecule has 4 aromatic rings. The molecule has 1 amide bonds. The minimum absolute atomic E-state index is 0.0873. The number of thioether (sulfide) groups is 1. The molecule has 0 saturated carbocycles. The van der Waals surface area contributed by atoms with Crippen molar-refractivity contribution in [2.75, 3.05) is 16.3 Å². The molecule has 0 saturated heterocycles. The molecule has 4 rings (SSSR count). The highest BCUT2D eigenvalue weighted by Crippen LogP contribution is 2.25. The van der Waals surface area contributed by atoms with Gasteiger partial charge in [0.25, 0.3) is 15.9 Å². The molecule has 0 bridgehead atoms. The van der Waals surface area contributed by atoms with E-state index in [0.29, 0.717) is 5.56 Å². The van der Waals surface area contributed by atoms with Gasteiger partial charge in [-0.15, -0.1) is 16.9 Å². The van der Waals surface area contributed by atoms with Gasteiger partial charge in [0.15, 0.2) is 0 Å². The molecule has 1 aromatic heterocycles. The number of amides is 1.